The van der Waals surface area contributed by atoms with Crippen molar-refractivity contribution in [2.45, 2.75) is 19.3 Å². The van der Waals surface area contributed by atoms with Gasteiger partial charge < -0.3 is 4.42 Å². The fourth-order valence-corrected chi connectivity index (χ4v) is 2.02. The predicted octanol–water partition coefficient (Wildman–Crippen LogP) is 1.84. The number of aryl methyl sites for hydroxylation is 1. The van der Waals surface area contributed by atoms with Gasteiger partial charge in [0, 0.05) is 12.6 Å². The first-order valence-corrected chi connectivity index (χ1v) is 5.98. The van der Waals surface area contributed by atoms with Crippen LogP contribution in [-0.2, 0) is 6.42 Å². The fourth-order valence-electron chi connectivity index (χ4n) is 2.02. The second-order valence-corrected chi connectivity index (χ2v) is 4.26. The first kappa shape index (κ1) is 11.6. The van der Waals surface area contributed by atoms with Crippen molar-refractivity contribution >= 4 is 17.6 Å². The summed E-state index contributed by atoms with van der Waals surface area (Å²) in [5.41, 5.74) is 1.25. The Labute approximate surface area is 108 Å². The molecule has 0 spiro atoms. The lowest BCUT2D eigenvalue weighted by Crippen LogP contribution is -2.18. The van der Waals surface area contributed by atoms with Crippen LogP contribution in [0.2, 0.25) is 0 Å². The molecule has 1 aliphatic carbocycles. The summed E-state index contributed by atoms with van der Waals surface area (Å²) in [7, 11) is 0. The zero-order valence-electron chi connectivity index (χ0n) is 10.0. The van der Waals surface area contributed by atoms with Gasteiger partial charge in [-0.15, -0.1) is 0 Å². The van der Waals surface area contributed by atoms with Gasteiger partial charge in [0.2, 0.25) is 5.95 Å². The number of rotatable bonds is 2. The third kappa shape index (κ3) is 2.24. The topological polar surface area (TPSA) is 85.1 Å². The van der Waals surface area contributed by atoms with Crippen molar-refractivity contribution in [2.24, 2.45) is 0 Å². The van der Waals surface area contributed by atoms with Gasteiger partial charge in [0.25, 0.3) is 5.91 Å². The van der Waals surface area contributed by atoms with E-state index in [0.717, 1.165) is 12.8 Å². The molecule has 0 saturated carbocycles. The van der Waals surface area contributed by atoms with E-state index < -0.39 is 5.91 Å². The fraction of sp³-hybridized carbons (Fsp3) is 0.231. The molecule has 96 valence electrons. The number of aromatic nitrogens is 2. The monoisotopic (exact) mass is 257 g/mol. The molecule has 2 aromatic rings. The number of carbonyl (C=O) groups is 2. The molecule has 2 heterocycles. The minimum absolute atomic E-state index is 0.0603. The Morgan fingerprint density at radius 2 is 2.26 bits per heavy atom. The van der Waals surface area contributed by atoms with E-state index in [1.165, 1.54) is 12.5 Å². The summed E-state index contributed by atoms with van der Waals surface area (Å²) in [6.45, 7) is 0. The van der Waals surface area contributed by atoms with E-state index in [0.29, 0.717) is 17.7 Å². The molecule has 6 nitrogen and oxygen atoms in total. The van der Waals surface area contributed by atoms with Crippen molar-refractivity contribution in [3.05, 3.63) is 41.6 Å². The minimum atomic E-state index is -0.410. The third-order valence-electron chi connectivity index (χ3n) is 2.96. The second kappa shape index (κ2) is 4.64. The van der Waals surface area contributed by atoms with Crippen LogP contribution in [0.4, 0.5) is 5.95 Å². The summed E-state index contributed by atoms with van der Waals surface area (Å²) < 4.78 is 4.98. The molecule has 6 heteroatoms. The Morgan fingerprint density at radius 3 is 3.05 bits per heavy atom. The van der Waals surface area contributed by atoms with Crippen LogP contribution in [0.5, 0.6) is 0 Å². The van der Waals surface area contributed by atoms with Crippen molar-refractivity contribution in [3.8, 4) is 0 Å². The molecule has 1 N–H and O–H groups in total. The molecule has 0 radical (unpaired) electrons. The number of hydrogen-bond donors (Lipinski definition) is 1. The maximum absolute atomic E-state index is 11.8. The van der Waals surface area contributed by atoms with E-state index in [1.54, 1.807) is 12.1 Å². The molecule has 19 heavy (non-hydrogen) atoms. The smallest absolute Gasteiger partial charge is 0.293 e. The molecule has 0 fully saturated rings. The van der Waals surface area contributed by atoms with Crippen molar-refractivity contribution in [2.75, 3.05) is 5.32 Å². The molecule has 0 bridgehead atoms. The maximum Gasteiger partial charge on any atom is 0.293 e. The minimum Gasteiger partial charge on any atom is -0.459 e. The Hall–Kier alpha value is -2.50. The highest BCUT2D eigenvalue weighted by molar-refractivity contribution is 6.01. The number of furan rings is 1. The van der Waals surface area contributed by atoms with E-state index in [4.69, 9.17) is 4.42 Å². The summed E-state index contributed by atoms with van der Waals surface area (Å²) in [4.78, 5) is 31.6. The van der Waals surface area contributed by atoms with E-state index in [-0.39, 0.29) is 17.5 Å². The van der Waals surface area contributed by atoms with Gasteiger partial charge in [-0.3, -0.25) is 14.9 Å². The molecule has 0 saturated heterocycles. The Kier molecular flexibility index (Phi) is 2.83. The summed E-state index contributed by atoms with van der Waals surface area (Å²) in [6.07, 6.45) is 4.94. The number of nitrogens with zero attached hydrogens (tertiary/aromatic N) is 2. The van der Waals surface area contributed by atoms with Crippen molar-refractivity contribution < 1.29 is 14.0 Å². The highest BCUT2D eigenvalue weighted by Gasteiger charge is 2.20. The van der Waals surface area contributed by atoms with Crippen LogP contribution in [-0.4, -0.2) is 21.7 Å². The van der Waals surface area contributed by atoms with E-state index >= 15 is 0 Å². The van der Waals surface area contributed by atoms with Crippen LogP contribution in [0.3, 0.4) is 0 Å². The predicted molar refractivity (Wildman–Crippen MR) is 66.0 cm³/mol. The van der Waals surface area contributed by atoms with E-state index in [1.807, 2.05) is 0 Å². The molecule has 0 atom stereocenters. The van der Waals surface area contributed by atoms with Crippen molar-refractivity contribution in [3.63, 3.8) is 0 Å². The Balaban J connectivity index is 1.83. The Morgan fingerprint density at radius 1 is 1.37 bits per heavy atom. The average Bonchev–Trinajstić information content (AvgIpc) is 2.93. The number of fused-ring (bicyclic) bond motifs is 1. The van der Waals surface area contributed by atoms with Gasteiger partial charge in [0.15, 0.2) is 11.5 Å². The van der Waals surface area contributed by atoms with E-state index in [9.17, 15) is 9.59 Å². The molecule has 3 rings (SSSR count). The van der Waals surface area contributed by atoms with E-state index in [2.05, 4.69) is 15.3 Å². The SMILES string of the molecule is O=C(Nc1ncc2c(n1)CCCC2=O)c1ccco1. The lowest BCUT2D eigenvalue weighted by atomic mass is 9.96. The Bertz CT molecular complexity index is 635. The number of anilines is 1. The number of Topliss-reactive ketones (excluding diaryl/α,β-unsaturated/α-hetero) is 1. The summed E-state index contributed by atoms with van der Waals surface area (Å²) in [5, 5.41) is 2.54. The molecule has 2 aromatic heterocycles. The van der Waals surface area contributed by atoms with Crippen LogP contribution in [0, 0.1) is 0 Å². The number of amides is 1. The highest BCUT2D eigenvalue weighted by Crippen LogP contribution is 2.19. The first-order chi connectivity index (χ1) is 9.24. The molecule has 0 aromatic carbocycles. The van der Waals surface area contributed by atoms with Gasteiger partial charge in [0.1, 0.15) is 0 Å². The number of ketones is 1. The summed E-state index contributed by atoms with van der Waals surface area (Å²) in [6, 6.07) is 3.18. The van der Waals surface area contributed by atoms with Crippen LogP contribution >= 0.6 is 0 Å². The normalized spacial score (nSPS) is 14.0. The van der Waals surface area contributed by atoms with Gasteiger partial charge in [-0.2, -0.15) is 0 Å². The first-order valence-electron chi connectivity index (χ1n) is 5.98. The van der Waals surface area contributed by atoms with Crippen LogP contribution < -0.4 is 5.32 Å². The second-order valence-electron chi connectivity index (χ2n) is 4.26. The molecular formula is C13H11N3O3. The van der Waals surface area contributed by atoms with Gasteiger partial charge in [-0.05, 0) is 25.0 Å². The lowest BCUT2D eigenvalue weighted by molar-refractivity contribution is 0.0970. The number of carbonyl (C=O) groups excluding carboxylic acids is 2. The van der Waals surface area contributed by atoms with Crippen LogP contribution in [0.1, 0.15) is 39.4 Å². The van der Waals surface area contributed by atoms with Gasteiger partial charge in [-0.25, -0.2) is 9.97 Å². The van der Waals surface area contributed by atoms with Crippen LogP contribution in [0.15, 0.2) is 29.0 Å². The molecule has 0 unspecified atom stereocenters. The number of hydrogen-bond acceptors (Lipinski definition) is 5. The van der Waals surface area contributed by atoms with Gasteiger partial charge in [-0.1, -0.05) is 0 Å². The maximum atomic E-state index is 11.8. The molecule has 0 aliphatic heterocycles. The summed E-state index contributed by atoms with van der Waals surface area (Å²) >= 11 is 0. The third-order valence-corrected chi connectivity index (χ3v) is 2.96. The highest BCUT2D eigenvalue weighted by atomic mass is 16.3. The standard InChI is InChI=1S/C13H11N3O3/c17-10-4-1-3-9-8(10)7-14-13(15-9)16-12(18)11-5-2-6-19-11/h2,5-7H,1,3-4H2,(H,14,15,16,18). The van der Waals surface area contributed by atoms with Gasteiger partial charge in [0.05, 0.1) is 17.5 Å². The van der Waals surface area contributed by atoms with Crippen molar-refractivity contribution in [1.29, 1.82) is 0 Å². The van der Waals surface area contributed by atoms with Crippen molar-refractivity contribution in [1.82, 2.24) is 9.97 Å². The largest absolute Gasteiger partial charge is 0.459 e. The molecule has 1 aliphatic rings. The molecular weight excluding hydrogens is 246 g/mol. The quantitative estimate of drug-likeness (QED) is 0.887. The zero-order valence-corrected chi connectivity index (χ0v) is 10.0. The lowest BCUT2D eigenvalue weighted by Gasteiger charge is -2.13. The average molecular weight is 257 g/mol. The molecule has 1 amide bonds. The number of nitrogens with one attached hydrogen (secondary N) is 1. The summed E-state index contributed by atoms with van der Waals surface area (Å²) in [5.74, 6) is 0.0319. The van der Waals surface area contributed by atoms with Crippen LogP contribution in [0.25, 0.3) is 0 Å². The van der Waals surface area contributed by atoms with Gasteiger partial charge >= 0.3 is 0 Å². The zero-order chi connectivity index (χ0) is 13.2.